The normalized spacial score (nSPS) is 15.8. The van der Waals surface area contributed by atoms with E-state index in [0.717, 1.165) is 12.8 Å². The Balaban J connectivity index is 2.11. The van der Waals surface area contributed by atoms with E-state index >= 15 is 0 Å². The predicted octanol–water partition coefficient (Wildman–Crippen LogP) is 1.07. The minimum Gasteiger partial charge on any atom is -0.478 e. The Morgan fingerprint density at radius 2 is 1.88 bits per heavy atom. The number of hydrogen-bond donors (Lipinski definition) is 2. The van der Waals surface area contributed by atoms with E-state index in [1.807, 2.05) is 0 Å². The van der Waals surface area contributed by atoms with Gasteiger partial charge >= 0.3 is 5.97 Å². The maximum Gasteiger partial charge on any atom is 0.335 e. The van der Waals surface area contributed by atoms with Gasteiger partial charge in [-0.3, -0.25) is 0 Å². The molecule has 17 heavy (non-hydrogen) atoms. The van der Waals surface area contributed by atoms with Crippen LogP contribution in [0.15, 0.2) is 29.2 Å². The highest BCUT2D eigenvalue weighted by Gasteiger charge is 2.24. The third-order valence-corrected chi connectivity index (χ3v) is 4.11. The molecule has 2 N–H and O–H groups in total. The smallest absolute Gasteiger partial charge is 0.335 e. The first-order chi connectivity index (χ1) is 7.99. The van der Waals surface area contributed by atoms with Crippen LogP contribution in [0.25, 0.3) is 0 Å². The Morgan fingerprint density at radius 1 is 1.29 bits per heavy atom. The van der Waals surface area contributed by atoms with Crippen molar-refractivity contribution in [1.29, 1.82) is 0 Å². The molecule has 92 valence electrons. The van der Waals surface area contributed by atoms with Crippen molar-refractivity contribution < 1.29 is 18.3 Å². The minimum atomic E-state index is -3.50. The van der Waals surface area contributed by atoms with Gasteiger partial charge in [-0.2, -0.15) is 0 Å². The number of carbonyl (C=O) groups is 1. The molecule has 1 aromatic rings. The molecule has 0 aromatic heterocycles. The van der Waals surface area contributed by atoms with E-state index in [1.54, 1.807) is 0 Å². The van der Waals surface area contributed by atoms with Gasteiger partial charge in [-0.15, -0.1) is 0 Å². The second-order valence-corrected chi connectivity index (χ2v) is 5.89. The molecule has 0 amide bonds. The van der Waals surface area contributed by atoms with Gasteiger partial charge in [-0.25, -0.2) is 17.9 Å². The summed E-state index contributed by atoms with van der Waals surface area (Å²) in [6.45, 7) is 0.461. The number of nitrogens with one attached hydrogen (secondary N) is 1. The van der Waals surface area contributed by atoms with E-state index < -0.39 is 16.0 Å². The molecule has 1 aliphatic carbocycles. The van der Waals surface area contributed by atoms with Crippen molar-refractivity contribution in [2.75, 3.05) is 6.54 Å². The first kappa shape index (κ1) is 12.1. The van der Waals surface area contributed by atoms with Gasteiger partial charge in [0.2, 0.25) is 10.0 Å². The average molecular weight is 255 g/mol. The van der Waals surface area contributed by atoms with Crippen LogP contribution in [-0.4, -0.2) is 26.0 Å². The van der Waals surface area contributed by atoms with Crippen molar-refractivity contribution >= 4 is 16.0 Å². The summed E-state index contributed by atoms with van der Waals surface area (Å²) in [5, 5.41) is 8.70. The third kappa shape index (κ3) is 3.04. The Labute approximate surface area is 99.5 Å². The molecule has 0 atom stereocenters. The molecule has 6 heteroatoms. The largest absolute Gasteiger partial charge is 0.478 e. The van der Waals surface area contributed by atoms with Gasteiger partial charge in [0, 0.05) is 6.54 Å². The summed E-state index contributed by atoms with van der Waals surface area (Å²) in [6, 6.07) is 5.18. The van der Waals surface area contributed by atoms with Crippen LogP contribution >= 0.6 is 0 Å². The third-order valence-electron chi connectivity index (χ3n) is 2.67. The van der Waals surface area contributed by atoms with E-state index in [4.69, 9.17) is 5.11 Å². The van der Waals surface area contributed by atoms with Crippen molar-refractivity contribution in [2.24, 2.45) is 5.92 Å². The lowest BCUT2D eigenvalue weighted by Gasteiger charge is -2.05. The highest BCUT2D eigenvalue weighted by Crippen LogP contribution is 2.28. The zero-order valence-electron chi connectivity index (χ0n) is 9.09. The summed E-state index contributed by atoms with van der Waals surface area (Å²) in [6.07, 6.45) is 2.14. The van der Waals surface area contributed by atoms with Crippen LogP contribution in [0.5, 0.6) is 0 Å². The summed E-state index contributed by atoms with van der Waals surface area (Å²) in [5.41, 5.74) is 0.0751. The second kappa shape index (κ2) is 4.46. The molecular weight excluding hydrogens is 242 g/mol. The van der Waals surface area contributed by atoms with E-state index in [9.17, 15) is 13.2 Å². The van der Waals surface area contributed by atoms with Gasteiger partial charge in [-0.1, -0.05) is 0 Å². The molecule has 0 unspecified atom stereocenters. The molecule has 5 nitrogen and oxygen atoms in total. The van der Waals surface area contributed by atoms with Crippen molar-refractivity contribution in [3.63, 3.8) is 0 Å². The Bertz CT molecular complexity index is 517. The van der Waals surface area contributed by atoms with Crippen LogP contribution < -0.4 is 4.72 Å². The van der Waals surface area contributed by atoms with Crippen LogP contribution in [0, 0.1) is 5.92 Å². The lowest BCUT2D eigenvalue weighted by atomic mass is 10.2. The van der Waals surface area contributed by atoms with Crippen LogP contribution in [0.4, 0.5) is 0 Å². The lowest BCUT2D eigenvalue weighted by Crippen LogP contribution is -2.25. The fourth-order valence-corrected chi connectivity index (χ4v) is 2.53. The molecule has 0 bridgehead atoms. The quantitative estimate of drug-likeness (QED) is 0.824. The van der Waals surface area contributed by atoms with Crippen LogP contribution in [-0.2, 0) is 10.0 Å². The molecule has 0 spiro atoms. The highest BCUT2D eigenvalue weighted by atomic mass is 32.2. The maximum absolute atomic E-state index is 11.8. The molecule has 2 rings (SSSR count). The second-order valence-electron chi connectivity index (χ2n) is 4.12. The van der Waals surface area contributed by atoms with Gasteiger partial charge in [0.05, 0.1) is 10.5 Å². The van der Waals surface area contributed by atoms with Crippen molar-refractivity contribution in [1.82, 2.24) is 4.72 Å². The fourth-order valence-electron chi connectivity index (χ4n) is 1.41. The maximum atomic E-state index is 11.8. The van der Waals surface area contributed by atoms with Gasteiger partial charge in [0.15, 0.2) is 0 Å². The molecule has 0 saturated heterocycles. The monoisotopic (exact) mass is 255 g/mol. The van der Waals surface area contributed by atoms with E-state index in [2.05, 4.69) is 4.72 Å². The number of hydrogen-bond acceptors (Lipinski definition) is 3. The summed E-state index contributed by atoms with van der Waals surface area (Å²) >= 11 is 0. The number of carboxylic acid groups (broad SMARTS) is 1. The first-order valence-electron chi connectivity index (χ1n) is 5.32. The van der Waals surface area contributed by atoms with Gasteiger partial charge in [-0.05, 0) is 43.0 Å². The molecule has 0 aliphatic heterocycles. The summed E-state index contributed by atoms with van der Waals surface area (Å²) in [7, 11) is -3.50. The zero-order valence-corrected chi connectivity index (χ0v) is 9.90. The van der Waals surface area contributed by atoms with E-state index in [1.165, 1.54) is 24.3 Å². The SMILES string of the molecule is O=C(O)c1ccc(S(=O)(=O)NCC2CC2)cc1. The van der Waals surface area contributed by atoms with Gasteiger partial charge in [0.1, 0.15) is 0 Å². The number of aromatic carboxylic acids is 1. The first-order valence-corrected chi connectivity index (χ1v) is 6.80. The molecule has 1 saturated carbocycles. The van der Waals surface area contributed by atoms with Crippen molar-refractivity contribution in [3.8, 4) is 0 Å². The number of rotatable bonds is 5. The van der Waals surface area contributed by atoms with Crippen LogP contribution in [0.1, 0.15) is 23.2 Å². The Hall–Kier alpha value is -1.40. The minimum absolute atomic E-state index is 0.0751. The Kier molecular flexibility index (Phi) is 3.17. The Morgan fingerprint density at radius 3 is 2.35 bits per heavy atom. The van der Waals surface area contributed by atoms with Crippen LogP contribution in [0.2, 0.25) is 0 Å². The summed E-state index contributed by atoms with van der Waals surface area (Å²) in [5.74, 6) is -0.608. The standard InChI is InChI=1S/C11H13NO4S/c13-11(14)9-3-5-10(6-4-9)17(15,16)12-7-8-1-2-8/h3-6,8,12H,1-2,7H2,(H,13,14). The molecule has 0 heterocycles. The molecule has 1 aliphatic rings. The highest BCUT2D eigenvalue weighted by molar-refractivity contribution is 7.89. The van der Waals surface area contributed by atoms with Gasteiger partial charge < -0.3 is 5.11 Å². The van der Waals surface area contributed by atoms with Crippen LogP contribution in [0.3, 0.4) is 0 Å². The average Bonchev–Trinajstić information content (AvgIpc) is 3.10. The fraction of sp³-hybridized carbons (Fsp3) is 0.364. The summed E-state index contributed by atoms with van der Waals surface area (Å²) < 4.78 is 26.1. The van der Waals surface area contributed by atoms with Gasteiger partial charge in [0.25, 0.3) is 0 Å². The molecule has 0 radical (unpaired) electrons. The number of sulfonamides is 1. The number of carboxylic acids is 1. The van der Waals surface area contributed by atoms with Crippen molar-refractivity contribution in [3.05, 3.63) is 29.8 Å². The summed E-state index contributed by atoms with van der Waals surface area (Å²) in [4.78, 5) is 10.7. The van der Waals surface area contributed by atoms with Crippen molar-refractivity contribution in [2.45, 2.75) is 17.7 Å². The lowest BCUT2D eigenvalue weighted by molar-refractivity contribution is 0.0697. The molecule has 1 fully saturated rings. The molecule has 1 aromatic carbocycles. The van der Waals surface area contributed by atoms with E-state index in [-0.39, 0.29) is 10.5 Å². The van der Waals surface area contributed by atoms with E-state index in [0.29, 0.717) is 12.5 Å². The molecular formula is C11H13NO4S. The number of benzene rings is 1. The predicted molar refractivity (Wildman–Crippen MR) is 61.3 cm³/mol. The topological polar surface area (TPSA) is 83.5 Å². The zero-order chi connectivity index (χ0) is 12.5.